The van der Waals surface area contributed by atoms with E-state index in [1.807, 2.05) is 25.1 Å². The van der Waals surface area contributed by atoms with Crippen molar-refractivity contribution in [3.63, 3.8) is 0 Å². The number of aryl methyl sites for hydroxylation is 2. The molecule has 156 valence electrons. The molecule has 2 saturated heterocycles. The molecule has 8 heteroatoms. The van der Waals surface area contributed by atoms with Crippen molar-refractivity contribution in [3.8, 4) is 0 Å². The number of halogens is 1. The molecule has 2 fully saturated rings. The van der Waals surface area contributed by atoms with Crippen molar-refractivity contribution in [2.45, 2.75) is 32.1 Å². The summed E-state index contributed by atoms with van der Waals surface area (Å²) in [5, 5.41) is 7.07. The maximum absolute atomic E-state index is 13.6. The minimum absolute atomic E-state index is 0.136. The van der Waals surface area contributed by atoms with Gasteiger partial charge in [-0.3, -0.25) is 14.7 Å². The third-order valence-electron chi connectivity index (χ3n) is 6.37. The zero-order valence-corrected chi connectivity index (χ0v) is 17.1. The maximum atomic E-state index is 13.6. The lowest BCUT2D eigenvalue weighted by molar-refractivity contribution is -0.139. The Kier molecular flexibility index (Phi) is 4.12. The van der Waals surface area contributed by atoms with Gasteiger partial charge in [0.2, 0.25) is 11.8 Å². The van der Waals surface area contributed by atoms with Gasteiger partial charge in [-0.15, -0.1) is 0 Å². The number of H-pyrrole nitrogens is 1. The van der Waals surface area contributed by atoms with Crippen LogP contribution in [-0.2, 0) is 20.9 Å². The molecule has 7 nitrogen and oxygen atoms in total. The number of anilines is 1. The van der Waals surface area contributed by atoms with Crippen LogP contribution in [0.5, 0.6) is 0 Å². The highest BCUT2D eigenvalue weighted by molar-refractivity contribution is 6.03. The second-order valence-electron chi connectivity index (χ2n) is 8.49. The molecule has 0 saturated carbocycles. The average Bonchev–Trinajstić information content (AvgIpc) is 3.43. The molecule has 1 aromatic heterocycles. The molecular formula is C22H23FN4O3. The van der Waals surface area contributed by atoms with Crippen LogP contribution in [0.1, 0.15) is 17.0 Å². The quantitative estimate of drug-likeness (QED) is 0.784. The highest BCUT2D eigenvalue weighted by atomic mass is 19.1. The first-order chi connectivity index (χ1) is 14.3. The van der Waals surface area contributed by atoms with Gasteiger partial charge in [-0.2, -0.15) is 5.10 Å². The number of carbonyl (C=O) groups is 2. The first kappa shape index (κ1) is 19.0. The van der Waals surface area contributed by atoms with Gasteiger partial charge in [-0.1, -0.05) is 12.2 Å². The molecule has 2 bridgehead atoms. The fourth-order valence-electron chi connectivity index (χ4n) is 5.04. The largest absolute Gasteiger partial charge is 0.360 e. The second kappa shape index (κ2) is 6.50. The number of nitrogens with one attached hydrogen (secondary N) is 1. The molecule has 2 aromatic rings. The van der Waals surface area contributed by atoms with Crippen molar-refractivity contribution in [3.05, 3.63) is 59.2 Å². The van der Waals surface area contributed by atoms with E-state index in [0.717, 1.165) is 11.4 Å². The van der Waals surface area contributed by atoms with Crippen molar-refractivity contribution in [1.82, 2.24) is 15.1 Å². The van der Waals surface area contributed by atoms with Crippen LogP contribution >= 0.6 is 0 Å². The monoisotopic (exact) mass is 410 g/mol. The molecule has 4 heterocycles. The Morgan fingerprint density at radius 2 is 2.20 bits per heavy atom. The van der Waals surface area contributed by atoms with Gasteiger partial charge < -0.3 is 14.5 Å². The van der Waals surface area contributed by atoms with Crippen molar-refractivity contribution in [2.75, 3.05) is 18.5 Å². The van der Waals surface area contributed by atoms with E-state index in [4.69, 9.17) is 4.74 Å². The zero-order chi connectivity index (χ0) is 21.2. The number of hydrogen-bond donors (Lipinski definition) is 1. The van der Waals surface area contributed by atoms with Gasteiger partial charge in [0.05, 0.1) is 36.7 Å². The number of rotatable bonds is 4. The lowest BCUT2D eigenvalue weighted by Crippen LogP contribution is -2.44. The van der Waals surface area contributed by atoms with Crippen LogP contribution < -0.4 is 4.90 Å². The topological polar surface area (TPSA) is 78.5 Å². The van der Waals surface area contributed by atoms with E-state index in [2.05, 4.69) is 10.2 Å². The van der Waals surface area contributed by atoms with Crippen LogP contribution in [0.2, 0.25) is 0 Å². The van der Waals surface area contributed by atoms with Crippen LogP contribution in [-0.4, -0.2) is 52.2 Å². The van der Waals surface area contributed by atoms with Crippen molar-refractivity contribution in [1.29, 1.82) is 0 Å². The van der Waals surface area contributed by atoms with Gasteiger partial charge in [0.1, 0.15) is 11.4 Å². The smallest absolute Gasteiger partial charge is 0.234 e. The van der Waals surface area contributed by atoms with E-state index in [1.54, 1.807) is 29.8 Å². The Labute approximate surface area is 173 Å². The van der Waals surface area contributed by atoms with E-state index < -0.39 is 23.5 Å². The Hall–Kier alpha value is -3.00. The minimum atomic E-state index is -0.813. The first-order valence-electron chi connectivity index (χ1n) is 10.00. The van der Waals surface area contributed by atoms with Gasteiger partial charge in [0.15, 0.2) is 0 Å². The summed E-state index contributed by atoms with van der Waals surface area (Å²) in [7, 11) is 1.72. The summed E-state index contributed by atoms with van der Waals surface area (Å²) >= 11 is 0. The summed E-state index contributed by atoms with van der Waals surface area (Å²) in [4.78, 5) is 30.0. The van der Waals surface area contributed by atoms with E-state index >= 15 is 0 Å². The highest BCUT2D eigenvalue weighted by Crippen LogP contribution is 2.53. The molecule has 1 N–H and O–H groups in total. The lowest BCUT2D eigenvalue weighted by atomic mass is 9.76. The second-order valence-corrected chi connectivity index (χ2v) is 8.49. The number of fused-ring (bicyclic) bond motifs is 1. The predicted molar refractivity (Wildman–Crippen MR) is 107 cm³/mol. The minimum Gasteiger partial charge on any atom is -0.360 e. The molecule has 1 spiro atoms. The Morgan fingerprint density at radius 3 is 2.90 bits per heavy atom. The standard InChI is InChI=1S/C22H23FN4O3/c1-12-8-14(23)4-5-16(12)27-11-22-7-6-17(30-22)18(19(22)21(27)29)20(28)26(3)10-15-9-13(2)24-25-15/h4-9,17-19H,10-11H2,1-3H3,(H,24,25)/t17-,18+,19-,22-/m0/s1. The SMILES string of the molecule is Cc1cc(CN(C)C(=O)[C@@H]2[C@@H]3C=C[C@@]4(CN(c5ccc(F)cc5C)C(=O)[C@H]24)O3)n[nH]1. The van der Waals surface area contributed by atoms with E-state index in [-0.39, 0.29) is 17.6 Å². The summed E-state index contributed by atoms with van der Waals surface area (Å²) in [6, 6.07) is 6.25. The molecule has 2 amide bonds. The molecule has 3 aliphatic rings. The van der Waals surface area contributed by atoms with Gasteiger partial charge in [0.25, 0.3) is 0 Å². The number of aromatic nitrogens is 2. The van der Waals surface area contributed by atoms with Crippen LogP contribution in [0.25, 0.3) is 0 Å². The van der Waals surface area contributed by atoms with Crippen molar-refractivity contribution >= 4 is 17.5 Å². The fraction of sp³-hybridized carbons (Fsp3) is 0.409. The van der Waals surface area contributed by atoms with E-state index in [9.17, 15) is 14.0 Å². The van der Waals surface area contributed by atoms with Crippen molar-refractivity contribution in [2.24, 2.45) is 11.8 Å². The highest BCUT2D eigenvalue weighted by Gasteiger charge is 2.67. The number of carbonyl (C=O) groups excluding carboxylic acids is 2. The van der Waals surface area contributed by atoms with Crippen LogP contribution in [0.4, 0.5) is 10.1 Å². The Balaban J connectivity index is 1.43. The summed E-state index contributed by atoms with van der Waals surface area (Å²) < 4.78 is 19.7. The van der Waals surface area contributed by atoms with Crippen LogP contribution in [0.3, 0.4) is 0 Å². The fourth-order valence-corrected chi connectivity index (χ4v) is 5.04. The molecule has 0 radical (unpaired) electrons. The molecule has 3 aliphatic heterocycles. The summed E-state index contributed by atoms with van der Waals surface area (Å²) in [6.45, 7) is 4.35. The number of aromatic amines is 1. The van der Waals surface area contributed by atoms with Crippen molar-refractivity contribution < 1.29 is 18.7 Å². The normalized spacial score (nSPS) is 29.0. The van der Waals surface area contributed by atoms with Gasteiger partial charge in [-0.25, -0.2) is 4.39 Å². The zero-order valence-electron chi connectivity index (χ0n) is 17.1. The van der Waals surface area contributed by atoms with Gasteiger partial charge in [-0.05, 0) is 43.7 Å². The maximum Gasteiger partial charge on any atom is 0.234 e. The summed E-state index contributed by atoms with van der Waals surface area (Å²) in [6.07, 6.45) is 3.39. The summed E-state index contributed by atoms with van der Waals surface area (Å²) in [5.41, 5.74) is 2.20. The van der Waals surface area contributed by atoms with E-state index in [0.29, 0.717) is 24.3 Å². The average molecular weight is 410 g/mol. The Bertz CT molecular complexity index is 1080. The third-order valence-corrected chi connectivity index (χ3v) is 6.37. The lowest BCUT2D eigenvalue weighted by Gasteiger charge is -2.27. The number of amides is 2. The Morgan fingerprint density at radius 1 is 1.40 bits per heavy atom. The molecule has 0 unspecified atom stereocenters. The number of hydrogen-bond acceptors (Lipinski definition) is 4. The number of ether oxygens (including phenoxy) is 1. The van der Waals surface area contributed by atoms with Gasteiger partial charge in [0, 0.05) is 18.4 Å². The molecule has 0 aliphatic carbocycles. The van der Waals surface area contributed by atoms with Crippen LogP contribution in [0, 0.1) is 31.5 Å². The molecule has 4 atom stereocenters. The molecular weight excluding hydrogens is 387 g/mol. The third kappa shape index (κ3) is 2.70. The first-order valence-corrected chi connectivity index (χ1v) is 10.00. The molecule has 5 rings (SSSR count). The van der Waals surface area contributed by atoms with Crippen LogP contribution in [0.15, 0.2) is 36.4 Å². The molecule has 1 aromatic carbocycles. The van der Waals surface area contributed by atoms with Gasteiger partial charge >= 0.3 is 0 Å². The predicted octanol–water partition coefficient (Wildman–Crippen LogP) is 2.11. The molecule has 30 heavy (non-hydrogen) atoms. The summed E-state index contributed by atoms with van der Waals surface area (Å²) in [5.74, 6) is -1.81. The number of nitrogens with zero attached hydrogens (tertiary/aromatic N) is 3. The van der Waals surface area contributed by atoms with E-state index in [1.165, 1.54) is 12.1 Å². The number of benzene rings is 1.